The average molecular weight is 270 g/mol. The Bertz CT molecular complexity index is 550. The van der Waals surface area contributed by atoms with Crippen LogP contribution in [0.5, 0.6) is 0 Å². The lowest BCUT2D eigenvalue weighted by Gasteiger charge is -2.35. The summed E-state index contributed by atoms with van der Waals surface area (Å²) in [6, 6.07) is 9.03. The topological polar surface area (TPSA) is 42.7 Å². The molecule has 0 atom stereocenters. The normalized spacial score (nSPS) is 18.9. The molecule has 1 N–H and O–H groups in total. The molecule has 1 heterocycles. The quantitative estimate of drug-likeness (QED) is 0.925. The van der Waals surface area contributed by atoms with Gasteiger partial charge < -0.3 is 5.32 Å². The molecule has 0 amide bonds. The van der Waals surface area contributed by atoms with Crippen LogP contribution in [0, 0.1) is 5.41 Å². The minimum atomic E-state index is 0.516. The Kier molecular flexibility index (Phi) is 3.47. The van der Waals surface area contributed by atoms with Crippen LogP contribution in [-0.2, 0) is 0 Å². The molecule has 2 aromatic rings. The maximum Gasteiger partial charge on any atom is 0.123 e. The van der Waals surface area contributed by atoms with Gasteiger partial charge in [0.15, 0.2) is 0 Å². The Morgan fingerprint density at radius 2 is 1.85 bits per heavy atom. The molecule has 1 aliphatic rings. The van der Waals surface area contributed by atoms with Crippen LogP contribution >= 0.6 is 0 Å². The van der Waals surface area contributed by atoms with Crippen molar-refractivity contribution in [3.05, 3.63) is 36.9 Å². The Balaban J connectivity index is 1.68. The first-order chi connectivity index (χ1) is 9.62. The van der Waals surface area contributed by atoms with Gasteiger partial charge in [-0.15, -0.1) is 10.2 Å². The van der Waals surface area contributed by atoms with Gasteiger partial charge in [0.2, 0.25) is 0 Å². The molecule has 1 aliphatic carbocycles. The van der Waals surface area contributed by atoms with Crippen molar-refractivity contribution in [3.63, 3.8) is 0 Å². The molecule has 1 aromatic heterocycles. The second-order valence-corrected chi connectivity index (χ2v) is 6.50. The van der Waals surface area contributed by atoms with Crippen molar-refractivity contribution in [2.24, 2.45) is 5.41 Å². The molecule has 1 saturated carbocycles. The number of aromatic nitrogens is 3. The number of hydrogen-bond acceptors (Lipinski definition) is 3. The van der Waals surface area contributed by atoms with E-state index in [2.05, 4.69) is 53.6 Å². The van der Waals surface area contributed by atoms with E-state index in [1.807, 2.05) is 4.57 Å². The van der Waals surface area contributed by atoms with Crippen molar-refractivity contribution in [3.8, 4) is 5.69 Å². The molecule has 20 heavy (non-hydrogen) atoms. The largest absolute Gasteiger partial charge is 0.382 e. The average Bonchev–Trinajstić information content (AvgIpc) is 2.96. The SMILES string of the molecule is CC1(C)CCC(Nc2cccc(-n3cnnc3)c2)CC1. The molecule has 0 bridgehead atoms. The highest BCUT2D eigenvalue weighted by atomic mass is 15.2. The summed E-state index contributed by atoms with van der Waals surface area (Å²) in [7, 11) is 0. The van der Waals surface area contributed by atoms with Crippen LogP contribution < -0.4 is 5.32 Å². The van der Waals surface area contributed by atoms with Gasteiger partial charge in [0.05, 0.1) is 5.69 Å². The van der Waals surface area contributed by atoms with E-state index in [9.17, 15) is 0 Å². The molecule has 3 rings (SSSR count). The Labute approximate surface area is 120 Å². The fourth-order valence-corrected chi connectivity index (χ4v) is 2.87. The Morgan fingerprint density at radius 1 is 1.15 bits per heavy atom. The minimum absolute atomic E-state index is 0.516. The number of anilines is 1. The second kappa shape index (κ2) is 5.27. The number of nitrogens with one attached hydrogen (secondary N) is 1. The van der Waals surface area contributed by atoms with Gasteiger partial charge in [-0.3, -0.25) is 4.57 Å². The van der Waals surface area contributed by atoms with Gasteiger partial charge in [-0.2, -0.15) is 0 Å². The fourth-order valence-electron chi connectivity index (χ4n) is 2.87. The lowest BCUT2D eigenvalue weighted by atomic mass is 9.75. The summed E-state index contributed by atoms with van der Waals surface area (Å²) in [6.07, 6.45) is 8.56. The highest BCUT2D eigenvalue weighted by Crippen LogP contribution is 2.36. The van der Waals surface area contributed by atoms with Crippen molar-refractivity contribution in [1.29, 1.82) is 0 Å². The summed E-state index contributed by atoms with van der Waals surface area (Å²) in [6.45, 7) is 4.74. The third-order valence-corrected chi connectivity index (χ3v) is 4.27. The molecule has 0 saturated heterocycles. The van der Waals surface area contributed by atoms with E-state index in [1.165, 1.54) is 31.4 Å². The van der Waals surface area contributed by atoms with Crippen LogP contribution in [0.25, 0.3) is 5.69 Å². The molecule has 1 fully saturated rings. The van der Waals surface area contributed by atoms with Crippen LogP contribution in [-0.4, -0.2) is 20.8 Å². The molecule has 0 aliphatic heterocycles. The first kappa shape index (κ1) is 13.2. The maximum absolute atomic E-state index is 3.85. The number of nitrogens with zero attached hydrogens (tertiary/aromatic N) is 3. The molecular weight excluding hydrogens is 248 g/mol. The standard InChI is InChI=1S/C16H22N4/c1-16(2)8-6-13(7-9-16)19-14-4-3-5-15(10-14)20-11-17-18-12-20/h3-5,10-13,19H,6-9H2,1-2H3. The number of rotatable bonds is 3. The van der Waals surface area contributed by atoms with E-state index < -0.39 is 0 Å². The van der Waals surface area contributed by atoms with Crippen molar-refractivity contribution in [2.75, 3.05) is 5.32 Å². The second-order valence-electron chi connectivity index (χ2n) is 6.50. The lowest BCUT2D eigenvalue weighted by Crippen LogP contribution is -2.29. The highest BCUT2D eigenvalue weighted by molar-refractivity contribution is 5.51. The highest BCUT2D eigenvalue weighted by Gasteiger charge is 2.26. The predicted octanol–water partition coefficient (Wildman–Crippen LogP) is 3.65. The minimum Gasteiger partial charge on any atom is -0.382 e. The van der Waals surface area contributed by atoms with Gasteiger partial charge in [-0.1, -0.05) is 19.9 Å². The van der Waals surface area contributed by atoms with Crippen molar-refractivity contribution >= 4 is 5.69 Å². The van der Waals surface area contributed by atoms with Crippen LogP contribution in [0.4, 0.5) is 5.69 Å². The molecule has 1 aromatic carbocycles. The monoisotopic (exact) mass is 270 g/mol. The molecule has 0 radical (unpaired) electrons. The zero-order valence-electron chi connectivity index (χ0n) is 12.2. The fraction of sp³-hybridized carbons (Fsp3) is 0.500. The summed E-state index contributed by atoms with van der Waals surface area (Å²) in [5.74, 6) is 0. The molecule has 4 nitrogen and oxygen atoms in total. The summed E-state index contributed by atoms with van der Waals surface area (Å²) in [5.41, 5.74) is 2.79. The molecule has 106 valence electrons. The summed E-state index contributed by atoms with van der Waals surface area (Å²) in [5, 5.41) is 11.4. The van der Waals surface area contributed by atoms with E-state index in [4.69, 9.17) is 0 Å². The smallest absolute Gasteiger partial charge is 0.123 e. The van der Waals surface area contributed by atoms with Gasteiger partial charge in [0.1, 0.15) is 12.7 Å². The summed E-state index contributed by atoms with van der Waals surface area (Å²) < 4.78 is 1.93. The number of benzene rings is 1. The van der Waals surface area contributed by atoms with Crippen molar-refractivity contribution < 1.29 is 0 Å². The third kappa shape index (κ3) is 3.00. The van der Waals surface area contributed by atoms with E-state index in [-0.39, 0.29) is 0 Å². The van der Waals surface area contributed by atoms with Gasteiger partial charge >= 0.3 is 0 Å². The predicted molar refractivity (Wildman–Crippen MR) is 81.0 cm³/mol. The summed E-state index contributed by atoms with van der Waals surface area (Å²) >= 11 is 0. The molecule has 0 unspecified atom stereocenters. The zero-order valence-corrected chi connectivity index (χ0v) is 12.2. The molecule has 4 heteroatoms. The van der Waals surface area contributed by atoms with Crippen LogP contribution in [0.1, 0.15) is 39.5 Å². The van der Waals surface area contributed by atoms with Gasteiger partial charge in [0, 0.05) is 11.7 Å². The lowest BCUT2D eigenvalue weighted by molar-refractivity contribution is 0.232. The van der Waals surface area contributed by atoms with Gasteiger partial charge in [-0.05, 0) is 49.3 Å². The van der Waals surface area contributed by atoms with Crippen LogP contribution in [0.15, 0.2) is 36.9 Å². The van der Waals surface area contributed by atoms with E-state index in [0.29, 0.717) is 11.5 Å². The van der Waals surface area contributed by atoms with Gasteiger partial charge in [-0.25, -0.2) is 0 Å². The van der Waals surface area contributed by atoms with Crippen LogP contribution in [0.2, 0.25) is 0 Å². The molecule has 0 spiro atoms. The maximum atomic E-state index is 3.85. The number of hydrogen-bond donors (Lipinski definition) is 1. The third-order valence-electron chi connectivity index (χ3n) is 4.27. The van der Waals surface area contributed by atoms with E-state index in [1.54, 1.807) is 12.7 Å². The van der Waals surface area contributed by atoms with E-state index in [0.717, 1.165) is 5.69 Å². The first-order valence-corrected chi connectivity index (χ1v) is 7.34. The van der Waals surface area contributed by atoms with Crippen LogP contribution in [0.3, 0.4) is 0 Å². The zero-order chi connectivity index (χ0) is 14.0. The van der Waals surface area contributed by atoms with Crippen molar-refractivity contribution in [1.82, 2.24) is 14.8 Å². The molecular formula is C16H22N4. The Hall–Kier alpha value is -1.84. The van der Waals surface area contributed by atoms with Crippen molar-refractivity contribution in [2.45, 2.75) is 45.6 Å². The van der Waals surface area contributed by atoms with Gasteiger partial charge in [0.25, 0.3) is 0 Å². The first-order valence-electron chi connectivity index (χ1n) is 7.34. The van der Waals surface area contributed by atoms with E-state index >= 15 is 0 Å². The summed E-state index contributed by atoms with van der Waals surface area (Å²) in [4.78, 5) is 0. The Morgan fingerprint density at radius 3 is 2.55 bits per heavy atom.